The van der Waals surface area contributed by atoms with E-state index in [1.165, 1.54) is 18.4 Å². The van der Waals surface area contributed by atoms with Gasteiger partial charge >= 0.3 is 0 Å². The Labute approximate surface area is 139 Å². The summed E-state index contributed by atoms with van der Waals surface area (Å²) in [5.41, 5.74) is 9.01. The smallest absolute Gasteiger partial charge is 0.252 e. The van der Waals surface area contributed by atoms with Crippen molar-refractivity contribution in [3.05, 3.63) is 53.6 Å². The molecule has 1 saturated heterocycles. The van der Waals surface area contributed by atoms with E-state index in [1.807, 2.05) is 18.2 Å². The summed E-state index contributed by atoms with van der Waals surface area (Å²) in [7, 11) is 0. The maximum atomic E-state index is 11.5. The molecule has 2 heterocycles. The Kier molecular flexibility index (Phi) is 3.78. The lowest BCUT2D eigenvalue weighted by molar-refractivity contribution is 0.100. The van der Waals surface area contributed by atoms with Crippen molar-refractivity contribution in [3.8, 4) is 11.5 Å². The molecule has 5 nitrogen and oxygen atoms in total. The van der Waals surface area contributed by atoms with E-state index in [0.717, 1.165) is 18.5 Å². The van der Waals surface area contributed by atoms with Gasteiger partial charge in [-0.1, -0.05) is 24.6 Å². The number of amides is 1. The minimum absolute atomic E-state index is 0.358. The first-order valence-electron chi connectivity index (χ1n) is 8.25. The number of fused-ring (bicyclic) bond motifs is 1. The highest BCUT2D eigenvalue weighted by molar-refractivity contribution is 6.03. The summed E-state index contributed by atoms with van der Waals surface area (Å²) in [4.78, 5) is 16.1. The van der Waals surface area contributed by atoms with Crippen LogP contribution in [0.5, 0.6) is 0 Å². The first-order valence-corrected chi connectivity index (χ1v) is 8.25. The van der Waals surface area contributed by atoms with Crippen molar-refractivity contribution < 1.29 is 9.21 Å². The second-order valence-corrected chi connectivity index (χ2v) is 6.17. The van der Waals surface area contributed by atoms with Crippen molar-refractivity contribution in [3.63, 3.8) is 0 Å². The summed E-state index contributed by atoms with van der Waals surface area (Å²) < 4.78 is 5.86. The summed E-state index contributed by atoms with van der Waals surface area (Å²) in [5, 5.41) is 3.55. The Hall–Kier alpha value is -2.66. The number of nitrogens with two attached hydrogens (primary N) is 1. The monoisotopic (exact) mass is 321 g/mol. The second-order valence-electron chi connectivity index (χ2n) is 6.17. The van der Waals surface area contributed by atoms with Gasteiger partial charge in [0, 0.05) is 11.6 Å². The summed E-state index contributed by atoms with van der Waals surface area (Å²) >= 11 is 0. The zero-order valence-corrected chi connectivity index (χ0v) is 13.3. The summed E-state index contributed by atoms with van der Waals surface area (Å²) in [5.74, 6) is -0.000171. The number of benzene rings is 2. The van der Waals surface area contributed by atoms with Crippen LogP contribution in [0, 0.1) is 0 Å². The molecule has 1 aliphatic heterocycles. The molecule has 0 aliphatic carbocycles. The molecule has 1 aliphatic rings. The minimum Gasteiger partial charge on any atom is -0.435 e. The highest BCUT2D eigenvalue weighted by atomic mass is 16.3. The van der Waals surface area contributed by atoms with Crippen LogP contribution in [0.25, 0.3) is 22.6 Å². The van der Waals surface area contributed by atoms with Crippen molar-refractivity contribution in [1.29, 1.82) is 0 Å². The van der Waals surface area contributed by atoms with Crippen molar-refractivity contribution in [1.82, 2.24) is 10.3 Å². The first-order chi connectivity index (χ1) is 11.7. The topological polar surface area (TPSA) is 81.2 Å². The number of aromatic nitrogens is 1. The second kappa shape index (κ2) is 6.09. The van der Waals surface area contributed by atoms with Crippen molar-refractivity contribution in [2.24, 2.45) is 5.73 Å². The molecule has 0 saturated carbocycles. The number of hydrogen-bond donors (Lipinski definition) is 2. The zero-order valence-electron chi connectivity index (χ0n) is 13.3. The fourth-order valence-corrected chi connectivity index (χ4v) is 3.29. The number of rotatable bonds is 3. The third-order valence-electron chi connectivity index (χ3n) is 4.53. The van der Waals surface area contributed by atoms with Gasteiger partial charge < -0.3 is 15.5 Å². The van der Waals surface area contributed by atoms with E-state index >= 15 is 0 Å². The van der Waals surface area contributed by atoms with Gasteiger partial charge in [0.1, 0.15) is 5.52 Å². The van der Waals surface area contributed by atoms with E-state index in [9.17, 15) is 4.79 Å². The number of primary amides is 1. The van der Waals surface area contributed by atoms with Crippen LogP contribution in [0.2, 0.25) is 0 Å². The maximum Gasteiger partial charge on any atom is 0.252 e. The number of carbonyl (C=O) groups excluding carboxylic acids is 1. The average Bonchev–Trinajstić information content (AvgIpc) is 3.06. The van der Waals surface area contributed by atoms with Crippen LogP contribution in [0.1, 0.15) is 41.2 Å². The lowest BCUT2D eigenvalue weighted by atomic mass is 9.96. The van der Waals surface area contributed by atoms with Crippen LogP contribution in [0.15, 0.2) is 46.9 Å². The van der Waals surface area contributed by atoms with Gasteiger partial charge in [0.25, 0.3) is 5.91 Å². The number of oxazole rings is 1. The predicted molar refractivity (Wildman–Crippen MR) is 92.6 cm³/mol. The first kappa shape index (κ1) is 14.9. The highest BCUT2D eigenvalue weighted by Gasteiger charge is 2.17. The Morgan fingerprint density at radius 1 is 1.21 bits per heavy atom. The zero-order chi connectivity index (χ0) is 16.5. The van der Waals surface area contributed by atoms with E-state index in [4.69, 9.17) is 10.2 Å². The van der Waals surface area contributed by atoms with Crippen molar-refractivity contribution in [2.45, 2.75) is 25.3 Å². The molecule has 0 spiro atoms. The minimum atomic E-state index is -0.511. The van der Waals surface area contributed by atoms with E-state index in [2.05, 4.69) is 22.4 Å². The van der Waals surface area contributed by atoms with Crippen LogP contribution < -0.4 is 11.1 Å². The highest BCUT2D eigenvalue weighted by Crippen LogP contribution is 2.30. The molecule has 3 N–H and O–H groups in total. The normalized spacial score (nSPS) is 17.9. The molecular weight excluding hydrogens is 302 g/mol. The van der Waals surface area contributed by atoms with Crippen molar-refractivity contribution >= 4 is 17.0 Å². The van der Waals surface area contributed by atoms with E-state index in [0.29, 0.717) is 28.6 Å². The van der Waals surface area contributed by atoms with E-state index < -0.39 is 5.91 Å². The van der Waals surface area contributed by atoms with Crippen LogP contribution in [0.4, 0.5) is 0 Å². The third kappa shape index (κ3) is 2.67. The number of nitrogens with one attached hydrogen (secondary N) is 1. The Bertz CT molecular complexity index is 895. The largest absolute Gasteiger partial charge is 0.435 e. The van der Waals surface area contributed by atoms with E-state index in [-0.39, 0.29) is 0 Å². The average molecular weight is 321 g/mol. The van der Waals surface area contributed by atoms with Gasteiger partial charge in [-0.25, -0.2) is 4.98 Å². The van der Waals surface area contributed by atoms with Gasteiger partial charge in [0.2, 0.25) is 5.89 Å². The maximum absolute atomic E-state index is 11.5. The molecule has 1 unspecified atom stereocenters. The molecule has 0 radical (unpaired) electrons. The van der Waals surface area contributed by atoms with Crippen LogP contribution in [0.3, 0.4) is 0 Å². The number of nitrogens with zero attached hydrogens (tertiary/aromatic N) is 1. The lowest BCUT2D eigenvalue weighted by Crippen LogP contribution is -2.26. The molecule has 1 atom stereocenters. The van der Waals surface area contributed by atoms with Crippen LogP contribution in [-0.4, -0.2) is 17.4 Å². The molecule has 5 heteroatoms. The van der Waals surface area contributed by atoms with Gasteiger partial charge in [0.15, 0.2) is 5.58 Å². The summed E-state index contributed by atoms with van der Waals surface area (Å²) in [6.45, 7) is 1.06. The number of carbonyl (C=O) groups is 1. The molecule has 0 bridgehead atoms. The van der Waals surface area contributed by atoms with Gasteiger partial charge in [0.05, 0.1) is 5.56 Å². The van der Waals surface area contributed by atoms with Gasteiger partial charge in [-0.3, -0.25) is 4.79 Å². The molecule has 1 amide bonds. The molecule has 122 valence electrons. The SMILES string of the molecule is NC(=O)c1cccc2nc(-c3cccc(C4CCCCN4)c3)oc12. The van der Waals surface area contributed by atoms with Gasteiger partial charge in [-0.05, 0) is 49.2 Å². The molecule has 1 fully saturated rings. The van der Waals surface area contributed by atoms with E-state index in [1.54, 1.807) is 12.1 Å². The molecule has 4 rings (SSSR count). The van der Waals surface area contributed by atoms with Gasteiger partial charge in [-0.2, -0.15) is 0 Å². The third-order valence-corrected chi connectivity index (χ3v) is 4.53. The Morgan fingerprint density at radius 2 is 2.08 bits per heavy atom. The molecule has 3 aromatic rings. The summed E-state index contributed by atoms with van der Waals surface area (Å²) in [6, 6.07) is 13.8. The van der Waals surface area contributed by atoms with Crippen LogP contribution in [-0.2, 0) is 0 Å². The van der Waals surface area contributed by atoms with Crippen LogP contribution >= 0.6 is 0 Å². The Balaban J connectivity index is 1.74. The van der Waals surface area contributed by atoms with Gasteiger partial charge in [-0.15, -0.1) is 0 Å². The predicted octanol–water partition coefficient (Wildman–Crippen LogP) is 3.41. The number of hydrogen-bond acceptors (Lipinski definition) is 4. The van der Waals surface area contributed by atoms with Crippen molar-refractivity contribution in [2.75, 3.05) is 6.54 Å². The molecule has 1 aromatic heterocycles. The molecule has 2 aromatic carbocycles. The Morgan fingerprint density at radius 3 is 2.88 bits per heavy atom. The number of piperidine rings is 1. The number of para-hydroxylation sites is 1. The summed E-state index contributed by atoms with van der Waals surface area (Å²) in [6.07, 6.45) is 3.62. The standard InChI is InChI=1S/C19H19N3O2/c20-18(23)14-7-4-9-16-17(14)24-19(22-16)13-6-3-5-12(11-13)15-8-1-2-10-21-15/h3-7,9,11,15,21H,1-2,8,10H2,(H2,20,23). The molecular formula is C19H19N3O2. The fraction of sp³-hybridized carbons (Fsp3) is 0.263. The fourth-order valence-electron chi connectivity index (χ4n) is 3.29. The quantitative estimate of drug-likeness (QED) is 0.774. The lowest BCUT2D eigenvalue weighted by Gasteiger charge is -2.24. The molecule has 24 heavy (non-hydrogen) atoms.